The minimum atomic E-state index is -4.65. The number of ether oxygens (including phenoxy) is 2. The smallest absolute Gasteiger partial charge is 0.306 e. The van der Waals surface area contributed by atoms with E-state index in [0.717, 1.165) is 103 Å². The maximum Gasteiger partial charge on any atom is 0.306 e. The topological polar surface area (TPSA) is 111 Å². The molecule has 2 atom stereocenters. The van der Waals surface area contributed by atoms with Crippen LogP contribution in [0, 0.1) is 0 Å². The van der Waals surface area contributed by atoms with Crippen molar-refractivity contribution in [3.8, 4) is 0 Å². The third-order valence-electron chi connectivity index (χ3n) is 20.0. The van der Waals surface area contributed by atoms with E-state index in [1.165, 1.54) is 289 Å². The van der Waals surface area contributed by atoms with Gasteiger partial charge < -0.3 is 27.9 Å². The van der Waals surface area contributed by atoms with Crippen molar-refractivity contribution in [1.82, 2.24) is 0 Å². The van der Waals surface area contributed by atoms with Crippen LogP contribution in [0.2, 0.25) is 0 Å². The van der Waals surface area contributed by atoms with Crippen LogP contribution in [-0.2, 0) is 32.7 Å². The van der Waals surface area contributed by atoms with E-state index >= 15 is 0 Å². The molecule has 0 amide bonds. The zero-order valence-corrected chi connectivity index (χ0v) is 71.3. The number of rotatable bonds is 84. The number of unbranched alkanes of at least 4 members (excludes halogenated alkanes) is 50. The Labute approximate surface area is 658 Å². The Hall–Kier alpha value is -3.59. The molecule has 10 heteroatoms. The maximum absolute atomic E-state index is 12.9. The van der Waals surface area contributed by atoms with Gasteiger partial charge in [0, 0.05) is 12.8 Å². The summed E-state index contributed by atoms with van der Waals surface area (Å²) >= 11 is 0. The van der Waals surface area contributed by atoms with E-state index < -0.39 is 26.5 Å². The summed E-state index contributed by atoms with van der Waals surface area (Å²) in [6, 6.07) is 0. The first-order valence-electron chi connectivity index (χ1n) is 45.2. The highest BCUT2D eigenvalue weighted by molar-refractivity contribution is 7.45. The fraction of sp³-hybridized carbons (Fsp3) is 0.771. The van der Waals surface area contributed by atoms with Crippen LogP contribution in [-0.4, -0.2) is 70.0 Å². The van der Waals surface area contributed by atoms with E-state index in [4.69, 9.17) is 18.5 Å². The van der Waals surface area contributed by atoms with Gasteiger partial charge in [0.05, 0.1) is 27.7 Å². The molecule has 0 aromatic heterocycles. The zero-order valence-electron chi connectivity index (χ0n) is 70.4. The Balaban J connectivity index is 3.86. The van der Waals surface area contributed by atoms with Gasteiger partial charge in [-0.2, -0.15) is 0 Å². The van der Waals surface area contributed by atoms with E-state index in [2.05, 4.69) is 135 Å². The molecule has 0 fully saturated rings. The number of nitrogens with zero attached hydrogens (tertiary/aromatic N) is 1. The van der Waals surface area contributed by atoms with Gasteiger partial charge in [-0.15, -0.1) is 0 Å². The van der Waals surface area contributed by atoms with Gasteiger partial charge in [0.15, 0.2) is 6.10 Å². The number of hydrogen-bond acceptors (Lipinski definition) is 8. The summed E-state index contributed by atoms with van der Waals surface area (Å²) in [7, 11) is 1.18. The van der Waals surface area contributed by atoms with Crippen molar-refractivity contribution in [2.45, 2.75) is 431 Å². The van der Waals surface area contributed by atoms with E-state index in [9.17, 15) is 19.0 Å². The summed E-state index contributed by atoms with van der Waals surface area (Å²) in [5, 5.41) is 0. The molecular formula is C96H172NO8P. The Kier molecular flexibility index (Phi) is 82.5. The molecule has 0 heterocycles. The number of quaternary nitrogens is 1. The lowest BCUT2D eigenvalue weighted by atomic mass is 10.0. The molecule has 9 nitrogen and oxygen atoms in total. The van der Waals surface area contributed by atoms with E-state index in [1.54, 1.807) is 0 Å². The molecule has 0 spiro atoms. The molecule has 0 aromatic rings. The van der Waals surface area contributed by atoms with Gasteiger partial charge in [0.2, 0.25) is 0 Å². The van der Waals surface area contributed by atoms with Crippen LogP contribution < -0.4 is 4.89 Å². The van der Waals surface area contributed by atoms with Gasteiger partial charge in [-0.05, 0) is 103 Å². The first-order chi connectivity index (χ1) is 52.0. The minimum absolute atomic E-state index is 0.0302. The Bertz CT molecular complexity index is 2210. The van der Waals surface area contributed by atoms with Crippen LogP contribution in [0.5, 0.6) is 0 Å². The predicted molar refractivity (Wildman–Crippen MR) is 461 cm³/mol. The molecule has 0 radical (unpaired) electrons. The van der Waals surface area contributed by atoms with E-state index in [-0.39, 0.29) is 32.0 Å². The van der Waals surface area contributed by atoms with Gasteiger partial charge in [-0.3, -0.25) is 14.2 Å². The molecule has 0 aliphatic rings. The second-order valence-electron chi connectivity index (χ2n) is 31.6. The van der Waals surface area contributed by atoms with E-state index in [0.29, 0.717) is 17.4 Å². The number of hydrogen-bond donors (Lipinski definition) is 0. The van der Waals surface area contributed by atoms with Gasteiger partial charge in [0.1, 0.15) is 19.8 Å². The molecule has 106 heavy (non-hydrogen) atoms. The second kappa shape index (κ2) is 85.4. The monoisotopic (exact) mass is 1500 g/mol. The molecule has 0 saturated heterocycles. The largest absolute Gasteiger partial charge is 0.756 e. The highest BCUT2D eigenvalue weighted by Crippen LogP contribution is 2.38. The molecule has 0 rings (SSSR count). The third-order valence-corrected chi connectivity index (χ3v) is 20.9. The van der Waals surface area contributed by atoms with Crippen molar-refractivity contribution < 1.29 is 42.1 Å². The van der Waals surface area contributed by atoms with Crippen molar-refractivity contribution >= 4 is 19.8 Å². The van der Waals surface area contributed by atoms with Crippen molar-refractivity contribution in [3.63, 3.8) is 0 Å². The number of likely N-dealkylation sites (N-methyl/N-ethyl adjacent to an activating group) is 1. The van der Waals surface area contributed by atoms with Gasteiger partial charge in [0.25, 0.3) is 7.82 Å². The molecule has 0 aromatic carbocycles. The SMILES string of the molecule is CC/C=C\C/C=C\C/C=C\C/C=C\C/C=C\C/C=C\CCCCCCCCCCCCCCCCCCCCCCCCC(=O)OC(COC(=O)CCCCCCCCCCCCCCCCCCCCCCCCCCCCCC/C=C\C/C=C\C/C=C\C/C=C\CC)COP(=O)([O-])OCC[N+](C)(C)C. The van der Waals surface area contributed by atoms with Crippen LogP contribution in [0.3, 0.4) is 0 Å². The maximum atomic E-state index is 12.9. The number of allylic oxidation sites excluding steroid dienone is 20. The lowest BCUT2D eigenvalue weighted by molar-refractivity contribution is -0.870. The average Bonchev–Trinajstić information content (AvgIpc) is 0.908. The van der Waals surface area contributed by atoms with Crippen LogP contribution >= 0.6 is 7.82 Å². The molecular weight excluding hydrogens is 1330 g/mol. The van der Waals surface area contributed by atoms with Gasteiger partial charge in [-0.1, -0.05) is 431 Å². The van der Waals surface area contributed by atoms with Crippen LogP contribution in [0.15, 0.2) is 122 Å². The van der Waals surface area contributed by atoms with Gasteiger partial charge >= 0.3 is 11.9 Å². The predicted octanol–water partition coefficient (Wildman–Crippen LogP) is 30.2. The first-order valence-corrected chi connectivity index (χ1v) is 46.7. The van der Waals surface area contributed by atoms with Crippen LogP contribution in [0.25, 0.3) is 0 Å². The third kappa shape index (κ3) is 89.3. The zero-order chi connectivity index (χ0) is 76.8. The van der Waals surface area contributed by atoms with Gasteiger partial charge in [-0.25, -0.2) is 0 Å². The molecule has 614 valence electrons. The molecule has 2 unspecified atom stereocenters. The second-order valence-corrected chi connectivity index (χ2v) is 33.0. The van der Waals surface area contributed by atoms with Crippen molar-refractivity contribution in [3.05, 3.63) is 122 Å². The number of esters is 2. The summed E-state index contributed by atoms with van der Waals surface area (Å²) in [6.07, 6.45) is 124. The minimum Gasteiger partial charge on any atom is -0.756 e. The number of phosphoric acid groups is 1. The molecule has 0 aliphatic heterocycles. The molecule has 0 bridgehead atoms. The Morgan fingerprint density at radius 3 is 0.755 bits per heavy atom. The van der Waals surface area contributed by atoms with Crippen LogP contribution in [0.1, 0.15) is 425 Å². The average molecular weight is 1500 g/mol. The Morgan fingerprint density at radius 1 is 0.292 bits per heavy atom. The number of carbonyl (C=O) groups is 2. The fourth-order valence-corrected chi connectivity index (χ4v) is 13.9. The quantitative estimate of drug-likeness (QED) is 0.0195. The van der Waals surface area contributed by atoms with E-state index in [1.807, 2.05) is 21.1 Å². The van der Waals surface area contributed by atoms with Crippen molar-refractivity contribution in [2.75, 3.05) is 47.5 Å². The van der Waals surface area contributed by atoms with Crippen molar-refractivity contribution in [2.24, 2.45) is 0 Å². The highest BCUT2D eigenvalue weighted by Gasteiger charge is 2.22. The number of carbonyl (C=O) groups excluding carboxylic acids is 2. The lowest BCUT2D eigenvalue weighted by Gasteiger charge is -2.28. The standard InChI is InChI=1S/C96H172NO8P/c1-6-8-10-12-14-16-18-20-22-24-26-28-30-32-34-36-38-40-42-44-46-48-50-52-54-56-58-60-62-64-66-68-70-72-74-76-78-80-82-84-86-88-95(98)102-92-94(93-104-106(100,101)103-91-90-97(3,4)5)105-96(99)89-87-85-83-81-79-77-75-73-71-69-67-65-63-61-59-57-55-53-51-49-47-45-43-41-39-37-35-33-31-29-27-25-23-21-19-17-15-13-11-9-7-2/h8-11,14-17,20-23,26-29,33,35,39,41,94H,6-7,12-13,18-19,24-25,30-32,34,36-38,40,42-93H2,1-5H3/b10-8-,11-9-,16-14-,17-15-,22-20-,23-21-,28-26-,29-27-,35-33-,41-39-. The normalized spacial score (nSPS) is 13.5. The van der Waals surface area contributed by atoms with Crippen LogP contribution in [0.4, 0.5) is 0 Å². The number of phosphoric ester groups is 1. The fourth-order valence-electron chi connectivity index (χ4n) is 13.2. The Morgan fingerprint density at radius 2 is 0.509 bits per heavy atom. The summed E-state index contributed by atoms with van der Waals surface area (Å²) in [5.41, 5.74) is 0. The summed E-state index contributed by atoms with van der Waals surface area (Å²) in [6.45, 7) is 4.07. The molecule has 0 aliphatic carbocycles. The lowest BCUT2D eigenvalue weighted by Crippen LogP contribution is -2.37. The summed E-state index contributed by atoms with van der Waals surface area (Å²) in [4.78, 5) is 38.3. The van der Waals surface area contributed by atoms with Crippen molar-refractivity contribution in [1.29, 1.82) is 0 Å². The highest BCUT2D eigenvalue weighted by atomic mass is 31.2. The molecule has 0 N–H and O–H groups in total. The first kappa shape index (κ1) is 102. The summed E-state index contributed by atoms with van der Waals surface area (Å²) in [5.74, 6) is -0.811. The summed E-state index contributed by atoms with van der Waals surface area (Å²) < 4.78 is 34.5. The molecule has 0 saturated carbocycles.